The Labute approximate surface area is 234 Å². The number of anilines is 1. The first-order valence-corrected chi connectivity index (χ1v) is 12.9. The highest BCUT2D eigenvalue weighted by molar-refractivity contribution is 9.10. The molecule has 3 aromatic heterocycles. The fraction of sp³-hybridized carbons (Fsp3) is 0.143. The number of aromatic nitrogens is 4. The van der Waals surface area contributed by atoms with Crippen molar-refractivity contribution in [2.45, 2.75) is 19.4 Å². The van der Waals surface area contributed by atoms with Crippen LogP contribution in [0.25, 0.3) is 16.7 Å². The predicted molar refractivity (Wildman–Crippen MR) is 148 cm³/mol. The van der Waals surface area contributed by atoms with Gasteiger partial charge in [-0.05, 0) is 70.9 Å². The van der Waals surface area contributed by atoms with Gasteiger partial charge in [0.2, 0.25) is 0 Å². The minimum atomic E-state index is -0.713. The molecular weight excluding hydrogens is 588 g/mol. The fourth-order valence-electron chi connectivity index (χ4n) is 4.07. The summed E-state index contributed by atoms with van der Waals surface area (Å²) in [4.78, 5) is 30.4. The van der Waals surface area contributed by atoms with Gasteiger partial charge in [-0.15, -0.1) is 0 Å². The molecule has 204 valence electrons. The molecule has 0 fully saturated rings. The summed E-state index contributed by atoms with van der Waals surface area (Å²) < 4.78 is 36.0. The van der Waals surface area contributed by atoms with Crippen LogP contribution in [-0.4, -0.2) is 43.3 Å². The van der Waals surface area contributed by atoms with Crippen LogP contribution in [0.4, 0.5) is 14.6 Å². The third-order valence-electron chi connectivity index (χ3n) is 6.05. The van der Waals surface area contributed by atoms with Crippen LogP contribution >= 0.6 is 15.9 Å². The van der Waals surface area contributed by atoms with Crippen LogP contribution in [0.2, 0.25) is 0 Å². The second-order valence-corrected chi connectivity index (χ2v) is 9.94. The molecule has 0 radical (unpaired) electrons. The number of carbonyl (C=O) groups excluding carboxylic acids is 1. The quantitative estimate of drug-likeness (QED) is 0.197. The molecule has 0 aliphatic carbocycles. The zero-order chi connectivity index (χ0) is 28.4. The number of fused-ring (bicyclic) bond motifs is 1. The van der Waals surface area contributed by atoms with E-state index in [0.29, 0.717) is 32.6 Å². The lowest BCUT2D eigenvalue weighted by molar-refractivity contribution is 0.0991. The molecular formula is C28H22BrF2N5O4. The third-order valence-corrected chi connectivity index (χ3v) is 6.48. The molecule has 0 unspecified atom stereocenters. The van der Waals surface area contributed by atoms with E-state index in [0.717, 1.165) is 0 Å². The molecule has 3 heterocycles. The topological polar surface area (TPSA) is 122 Å². The Morgan fingerprint density at radius 3 is 2.65 bits per heavy atom. The van der Waals surface area contributed by atoms with E-state index in [4.69, 9.17) is 4.74 Å². The molecule has 3 N–H and O–H groups in total. The lowest BCUT2D eigenvalue weighted by Crippen LogP contribution is -2.25. The van der Waals surface area contributed by atoms with Crippen LogP contribution in [0.1, 0.15) is 22.8 Å². The first-order chi connectivity index (χ1) is 19.2. The Morgan fingerprint density at radius 1 is 1.15 bits per heavy atom. The zero-order valence-corrected chi connectivity index (χ0v) is 22.6. The minimum Gasteiger partial charge on any atom is -0.453 e. The maximum atomic E-state index is 15.1. The van der Waals surface area contributed by atoms with Gasteiger partial charge in [0, 0.05) is 41.1 Å². The SMILES string of the molecule is C[C@H](CO)Nc1n[nH]c2nccc(Oc3ccc(CC(=O)c4cc(Br)cn(-c5ccc(F)cc5)c4=O)cc3F)c12. The monoisotopic (exact) mass is 609 g/mol. The van der Waals surface area contributed by atoms with Gasteiger partial charge in [0.25, 0.3) is 5.56 Å². The lowest BCUT2D eigenvalue weighted by Gasteiger charge is -2.12. The normalized spacial score (nSPS) is 11.9. The molecule has 0 spiro atoms. The van der Waals surface area contributed by atoms with Crippen LogP contribution in [-0.2, 0) is 6.42 Å². The Kier molecular flexibility index (Phi) is 7.71. The highest BCUT2D eigenvalue weighted by atomic mass is 79.9. The highest BCUT2D eigenvalue weighted by Gasteiger charge is 2.19. The van der Waals surface area contributed by atoms with Gasteiger partial charge in [-0.2, -0.15) is 5.10 Å². The second kappa shape index (κ2) is 11.4. The largest absolute Gasteiger partial charge is 0.453 e. The van der Waals surface area contributed by atoms with Gasteiger partial charge >= 0.3 is 0 Å². The van der Waals surface area contributed by atoms with Crippen molar-refractivity contribution in [3.05, 3.63) is 105 Å². The van der Waals surface area contributed by atoms with Crippen molar-refractivity contribution in [1.29, 1.82) is 0 Å². The van der Waals surface area contributed by atoms with E-state index >= 15 is 4.39 Å². The molecule has 1 atom stereocenters. The van der Waals surface area contributed by atoms with Crippen molar-refractivity contribution in [2.75, 3.05) is 11.9 Å². The molecule has 5 aromatic rings. The smallest absolute Gasteiger partial charge is 0.266 e. The van der Waals surface area contributed by atoms with Gasteiger partial charge in [0.1, 0.15) is 17.0 Å². The Hall–Kier alpha value is -4.42. The number of ether oxygens (including phenoxy) is 1. The van der Waals surface area contributed by atoms with Crippen LogP contribution in [0.3, 0.4) is 0 Å². The number of carbonyl (C=O) groups is 1. The number of hydrogen-bond donors (Lipinski definition) is 3. The number of nitrogens with one attached hydrogen (secondary N) is 2. The number of aliphatic hydroxyl groups is 1. The molecule has 0 saturated heterocycles. The maximum Gasteiger partial charge on any atom is 0.266 e. The van der Waals surface area contributed by atoms with E-state index in [1.807, 2.05) is 0 Å². The minimum absolute atomic E-state index is 0.0906. The van der Waals surface area contributed by atoms with Crippen molar-refractivity contribution in [1.82, 2.24) is 19.7 Å². The van der Waals surface area contributed by atoms with Crippen LogP contribution in [0.5, 0.6) is 11.5 Å². The Morgan fingerprint density at radius 2 is 1.93 bits per heavy atom. The first kappa shape index (κ1) is 27.2. The molecule has 0 saturated carbocycles. The Bertz CT molecular complexity index is 1770. The van der Waals surface area contributed by atoms with Crippen molar-refractivity contribution in [3.8, 4) is 17.2 Å². The van der Waals surface area contributed by atoms with E-state index in [2.05, 4.69) is 36.4 Å². The Balaban J connectivity index is 1.38. The summed E-state index contributed by atoms with van der Waals surface area (Å²) in [6.45, 7) is 1.64. The van der Waals surface area contributed by atoms with Crippen molar-refractivity contribution < 1.29 is 23.4 Å². The van der Waals surface area contributed by atoms with Gasteiger partial charge in [-0.1, -0.05) is 6.07 Å². The molecule has 12 heteroatoms. The van der Waals surface area contributed by atoms with Gasteiger partial charge in [-0.3, -0.25) is 19.3 Å². The van der Waals surface area contributed by atoms with Gasteiger partial charge in [0.05, 0.1) is 12.2 Å². The molecule has 2 aromatic carbocycles. The summed E-state index contributed by atoms with van der Waals surface area (Å²) in [5.74, 6) is -1.10. The third kappa shape index (κ3) is 5.63. The van der Waals surface area contributed by atoms with E-state index < -0.39 is 23.0 Å². The standard InChI is InChI=1S/C28H22BrF2N5O4/c1-15(14-37)33-27-25-24(8-9-32-26(25)34-35-27)40-23-7-2-16(10-21(23)31)11-22(38)20-12-17(29)13-36(28(20)39)19-5-3-18(30)4-6-19/h2-10,12-13,15,37H,11,14H2,1H3,(H2,32,33,34,35)/t15-/m1/s1. The van der Waals surface area contributed by atoms with Crippen LogP contribution in [0, 0.1) is 11.6 Å². The van der Waals surface area contributed by atoms with E-state index in [-0.39, 0.29) is 36.1 Å². The number of benzene rings is 2. The molecule has 5 rings (SSSR count). The van der Waals surface area contributed by atoms with Crippen molar-refractivity contribution in [3.63, 3.8) is 0 Å². The number of nitrogens with zero attached hydrogens (tertiary/aromatic N) is 3. The number of hydrogen-bond acceptors (Lipinski definition) is 7. The van der Waals surface area contributed by atoms with E-state index in [9.17, 15) is 19.1 Å². The number of pyridine rings is 2. The summed E-state index contributed by atoms with van der Waals surface area (Å²) in [7, 11) is 0. The molecule has 0 bridgehead atoms. The molecule has 9 nitrogen and oxygen atoms in total. The zero-order valence-electron chi connectivity index (χ0n) is 21.0. The number of rotatable bonds is 9. The average Bonchev–Trinajstić information content (AvgIpc) is 3.35. The summed E-state index contributed by atoms with van der Waals surface area (Å²) in [5.41, 5.74) is 0.456. The number of Topliss-reactive ketones (excluding diaryl/α,β-unsaturated/α-hetero) is 1. The first-order valence-electron chi connectivity index (χ1n) is 12.1. The summed E-state index contributed by atoms with van der Waals surface area (Å²) in [6, 6.07) is 12.1. The predicted octanol–water partition coefficient (Wildman–Crippen LogP) is 5.16. The van der Waals surface area contributed by atoms with Crippen molar-refractivity contribution in [2.24, 2.45) is 0 Å². The van der Waals surface area contributed by atoms with Crippen LogP contribution < -0.4 is 15.6 Å². The number of ketones is 1. The number of aromatic amines is 1. The second-order valence-electron chi connectivity index (χ2n) is 9.02. The fourth-order valence-corrected chi connectivity index (χ4v) is 4.50. The average molecular weight is 610 g/mol. The van der Waals surface area contributed by atoms with Gasteiger partial charge in [-0.25, -0.2) is 13.8 Å². The highest BCUT2D eigenvalue weighted by Crippen LogP contribution is 2.34. The summed E-state index contributed by atoms with van der Waals surface area (Å²) in [6.07, 6.45) is 2.73. The number of aliphatic hydroxyl groups excluding tert-OH is 1. The van der Waals surface area contributed by atoms with Crippen LogP contribution in [0.15, 0.2) is 76.3 Å². The molecule has 0 aliphatic heterocycles. The number of H-pyrrole nitrogens is 1. The van der Waals surface area contributed by atoms with Crippen molar-refractivity contribution >= 4 is 38.6 Å². The van der Waals surface area contributed by atoms with E-state index in [1.165, 1.54) is 65.5 Å². The summed E-state index contributed by atoms with van der Waals surface area (Å²) in [5, 5.41) is 19.8. The van der Waals surface area contributed by atoms with Gasteiger partial charge < -0.3 is 15.2 Å². The van der Waals surface area contributed by atoms with Gasteiger partial charge in [0.15, 0.2) is 28.8 Å². The summed E-state index contributed by atoms with van der Waals surface area (Å²) >= 11 is 3.31. The molecule has 0 amide bonds. The maximum absolute atomic E-state index is 15.1. The number of halogens is 3. The van der Waals surface area contributed by atoms with E-state index in [1.54, 1.807) is 13.0 Å². The lowest BCUT2D eigenvalue weighted by atomic mass is 10.0. The molecule has 0 aliphatic rings. The molecule has 40 heavy (non-hydrogen) atoms.